The molecule has 15 heavy (non-hydrogen) atoms. The monoisotopic (exact) mass is 210 g/mol. The van der Waals surface area contributed by atoms with E-state index in [2.05, 4.69) is 0 Å². The normalized spacial score (nSPS) is 9.53. The molecule has 0 aliphatic carbocycles. The predicted octanol–water partition coefficient (Wildman–Crippen LogP) is 2.02. The molecule has 0 bridgehead atoms. The molecule has 1 rings (SSSR count). The third-order valence-electron chi connectivity index (χ3n) is 1.88. The number of carbonyl (C=O) groups excluding carboxylic acids is 1. The summed E-state index contributed by atoms with van der Waals surface area (Å²) < 4.78 is 15.2. The van der Waals surface area contributed by atoms with E-state index in [4.69, 9.17) is 14.2 Å². The number of benzene rings is 1. The highest BCUT2D eigenvalue weighted by Crippen LogP contribution is 2.31. The average molecular weight is 210 g/mol. The van der Waals surface area contributed by atoms with E-state index in [0.29, 0.717) is 23.7 Å². The minimum absolute atomic E-state index is 0.293. The van der Waals surface area contributed by atoms with Crippen molar-refractivity contribution in [2.45, 2.75) is 13.3 Å². The Balaban J connectivity index is 2.92. The number of methoxy groups -OCH3 is 2. The van der Waals surface area contributed by atoms with Crippen molar-refractivity contribution >= 4 is 5.97 Å². The fraction of sp³-hybridized carbons (Fsp3) is 0.364. The van der Waals surface area contributed by atoms with Crippen LogP contribution in [0.3, 0.4) is 0 Å². The van der Waals surface area contributed by atoms with Crippen LogP contribution in [0.2, 0.25) is 0 Å². The van der Waals surface area contributed by atoms with E-state index in [9.17, 15) is 4.79 Å². The molecule has 0 radical (unpaired) electrons. The van der Waals surface area contributed by atoms with E-state index < -0.39 is 0 Å². The Hall–Kier alpha value is -1.71. The fourth-order valence-electron chi connectivity index (χ4n) is 1.05. The zero-order valence-electron chi connectivity index (χ0n) is 9.07. The predicted molar refractivity (Wildman–Crippen MR) is 55.5 cm³/mol. The molecule has 0 atom stereocenters. The lowest BCUT2D eigenvalue weighted by Crippen LogP contribution is -2.06. The summed E-state index contributed by atoms with van der Waals surface area (Å²) in [6.45, 7) is 1.73. The number of rotatable bonds is 4. The van der Waals surface area contributed by atoms with Crippen LogP contribution >= 0.6 is 0 Å². The van der Waals surface area contributed by atoms with Gasteiger partial charge in [0.25, 0.3) is 0 Å². The molecular formula is C11H14O4. The standard InChI is InChI=1S/C11H14O4/c1-4-11(12)15-9-6-5-8(13-2)7-10(9)14-3/h5-7H,4H2,1-3H3. The maximum Gasteiger partial charge on any atom is 0.311 e. The summed E-state index contributed by atoms with van der Waals surface area (Å²) >= 11 is 0. The average Bonchev–Trinajstić information content (AvgIpc) is 2.29. The number of hydrogen-bond acceptors (Lipinski definition) is 4. The molecule has 0 amide bonds. The molecule has 1 aromatic rings. The van der Waals surface area contributed by atoms with E-state index in [-0.39, 0.29) is 5.97 Å². The highest BCUT2D eigenvalue weighted by Gasteiger charge is 2.09. The highest BCUT2D eigenvalue weighted by molar-refractivity contribution is 5.73. The maximum atomic E-state index is 11.1. The van der Waals surface area contributed by atoms with Gasteiger partial charge in [-0.1, -0.05) is 6.92 Å². The van der Waals surface area contributed by atoms with Gasteiger partial charge in [0.2, 0.25) is 0 Å². The van der Waals surface area contributed by atoms with Crippen LogP contribution in [0.25, 0.3) is 0 Å². The van der Waals surface area contributed by atoms with Crippen molar-refractivity contribution in [1.29, 1.82) is 0 Å². The first-order valence-electron chi connectivity index (χ1n) is 4.64. The van der Waals surface area contributed by atoms with Gasteiger partial charge in [-0.25, -0.2) is 0 Å². The van der Waals surface area contributed by atoms with Gasteiger partial charge < -0.3 is 14.2 Å². The van der Waals surface area contributed by atoms with Crippen LogP contribution < -0.4 is 14.2 Å². The summed E-state index contributed by atoms with van der Waals surface area (Å²) in [5, 5.41) is 0. The Morgan fingerprint density at radius 2 is 1.93 bits per heavy atom. The van der Waals surface area contributed by atoms with E-state index >= 15 is 0 Å². The molecule has 0 fully saturated rings. The van der Waals surface area contributed by atoms with Gasteiger partial charge in [-0.15, -0.1) is 0 Å². The molecule has 0 heterocycles. The lowest BCUT2D eigenvalue weighted by atomic mass is 10.3. The zero-order valence-corrected chi connectivity index (χ0v) is 9.07. The van der Waals surface area contributed by atoms with Gasteiger partial charge in [0, 0.05) is 12.5 Å². The van der Waals surface area contributed by atoms with Gasteiger partial charge in [-0.2, -0.15) is 0 Å². The van der Waals surface area contributed by atoms with Crippen LogP contribution in [0.4, 0.5) is 0 Å². The molecule has 0 saturated carbocycles. The van der Waals surface area contributed by atoms with Crippen LogP contribution in [0, 0.1) is 0 Å². The molecule has 0 saturated heterocycles. The second-order valence-electron chi connectivity index (χ2n) is 2.84. The molecule has 4 nitrogen and oxygen atoms in total. The molecule has 0 N–H and O–H groups in total. The smallest absolute Gasteiger partial charge is 0.311 e. The molecule has 0 aromatic heterocycles. The number of carbonyl (C=O) groups is 1. The molecular weight excluding hydrogens is 196 g/mol. The van der Waals surface area contributed by atoms with Crippen molar-refractivity contribution in [2.75, 3.05) is 14.2 Å². The Bertz CT molecular complexity index is 346. The highest BCUT2D eigenvalue weighted by atomic mass is 16.6. The molecule has 0 aliphatic rings. The molecule has 0 spiro atoms. The second kappa shape index (κ2) is 5.24. The molecule has 4 heteroatoms. The Kier molecular flexibility index (Phi) is 3.97. The van der Waals surface area contributed by atoms with Crippen molar-refractivity contribution in [3.8, 4) is 17.2 Å². The molecule has 82 valence electrons. The first kappa shape index (κ1) is 11.4. The lowest BCUT2D eigenvalue weighted by molar-refractivity contribution is -0.134. The first-order chi connectivity index (χ1) is 7.21. The summed E-state index contributed by atoms with van der Waals surface area (Å²) in [7, 11) is 3.07. The topological polar surface area (TPSA) is 44.8 Å². The second-order valence-corrected chi connectivity index (χ2v) is 2.84. The lowest BCUT2D eigenvalue weighted by Gasteiger charge is -2.09. The van der Waals surface area contributed by atoms with Crippen molar-refractivity contribution in [1.82, 2.24) is 0 Å². The fourth-order valence-corrected chi connectivity index (χ4v) is 1.05. The van der Waals surface area contributed by atoms with Crippen molar-refractivity contribution in [2.24, 2.45) is 0 Å². The summed E-state index contributed by atoms with van der Waals surface area (Å²) in [5.74, 6) is 1.25. The van der Waals surface area contributed by atoms with E-state index in [0.717, 1.165) is 0 Å². The van der Waals surface area contributed by atoms with Gasteiger partial charge in [0.15, 0.2) is 11.5 Å². The van der Waals surface area contributed by atoms with Gasteiger partial charge in [-0.05, 0) is 12.1 Å². The Labute approximate surface area is 88.8 Å². The van der Waals surface area contributed by atoms with E-state index in [1.54, 1.807) is 32.2 Å². The largest absolute Gasteiger partial charge is 0.497 e. The number of ether oxygens (including phenoxy) is 3. The first-order valence-corrected chi connectivity index (χ1v) is 4.64. The van der Waals surface area contributed by atoms with Crippen LogP contribution in [-0.4, -0.2) is 20.2 Å². The Morgan fingerprint density at radius 3 is 2.47 bits per heavy atom. The van der Waals surface area contributed by atoms with Crippen LogP contribution in [0.1, 0.15) is 13.3 Å². The molecule has 0 aliphatic heterocycles. The van der Waals surface area contributed by atoms with Crippen LogP contribution in [-0.2, 0) is 4.79 Å². The van der Waals surface area contributed by atoms with E-state index in [1.165, 1.54) is 7.11 Å². The van der Waals surface area contributed by atoms with Gasteiger partial charge in [-0.3, -0.25) is 4.79 Å². The van der Waals surface area contributed by atoms with Crippen LogP contribution in [0.15, 0.2) is 18.2 Å². The van der Waals surface area contributed by atoms with Crippen molar-refractivity contribution < 1.29 is 19.0 Å². The van der Waals surface area contributed by atoms with Crippen LogP contribution in [0.5, 0.6) is 17.2 Å². The van der Waals surface area contributed by atoms with E-state index in [1.807, 2.05) is 0 Å². The summed E-state index contributed by atoms with van der Waals surface area (Å²) in [5.41, 5.74) is 0. The summed E-state index contributed by atoms with van der Waals surface area (Å²) in [4.78, 5) is 11.1. The van der Waals surface area contributed by atoms with Gasteiger partial charge >= 0.3 is 5.97 Å². The number of esters is 1. The quantitative estimate of drug-likeness (QED) is 0.563. The minimum atomic E-state index is -0.293. The van der Waals surface area contributed by atoms with Crippen molar-refractivity contribution in [3.05, 3.63) is 18.2 Å². The zero-order chi connectivity index (χ0) is 11.3. The van der Waals surface area contributed by atoms with Crippen molar-refractivity contribution in [3.63, 3.8) is 0 Å². The minimum Gasteiger partial charge on any atom is -0.497 e. The number of hydrogen-bond donors (Lipinski definition) is 0. The molecule has 0 unspecified atom stereocenters. The van der Waals surface area contributed by atoms with Gasteiger partial charge in [0.05, 0.1) is 14.2 Å². The third kappa shape index (κ3) is 2.87. The summed E-state index contributed by atoms with van der Waals surface area (Å²) in [6.07, 6.45) is 0.329. The maximum absolute atomic E-state index is 11.1. The SMILES string of the molecule is CCC(=O)Oc1ccc(OC)cc1OC. The Morgan fingerprint density at radius 1 is 1.20 bits per heavy atom. The molecule has 1 aromatic carbocycles. The summed E-state index contributed by atoms with van der Waals surface area (Å²) in [6, 6.07) is 5.02. The third-order valence-corrected chi connectivity index (χ3v) is 1.88. The van der Waals surface area contributed by atoms with Gasteiger partial charge in [0.1, 0.15) is 5.75 Å².